The van der Waals surface area contributed by atoms with Crippen LogP contribution >= 0.6 is 11.6 Å². The number of benzene rings is 1. The van der Waals surface area contributed by atoms with Crippen molar-refractivity contribution in [2.75, 3.05) is 11.9 Å². The minimum absolute atomic E-state index is 0.127. The number of aromatic nitrogens is 3. The molecule has 2 heterocycles. The zero-order chi connectivity index (χ0) is 19.1. The van der Waals surface area contributed by atoms with E-state index in [1.54, 1.807) is 23.0 Å². The smallest absolute Gasteiger partial charge is 0.323 e. The Bertz CT molecular complexity index is 1020. The summed E-state index contributed by atoms with van der Waals surface area (Å²) in [4.78, 5) is 21.9. The maximum Gasteiger partial charge on any atom is 0.323 e. The number of carboxylic acids is 1. The number of carbonyl (C=O) groups is 1. The summed E-state index contributed by atoms with van der Waals surface area (Å²) < 4.78 is 15.7. The molecule has 0 aliphatic heterocycles. The normalized spacial score (nSPS) is 16.3. The fraction of sp³-hybridized carbons (Fsp3) is 0.316. The first-order chi connectivity index (χ1) is 12.9. The lowest BCUT2D eigenvalue weighted by Crippen LogP contribution is -2.37. The second kappa shape index (κ2) is 6.81. The molecule has 1 aliphatic rings. The Morgan fingerprint density at radius 3 is 2.85 bits per heavy atom. The molecule has 0 amide bonds. The van der Waals surface area contributed by atoms with Gasteiger partial charge < -0.3 is 14.6 Å². The average molecular weight is 389 g/mol. The summed E-state index contributed by atoms with van der Waals surface area (Å²) in [6.07, 6.45) is 5.32. The molecule has 4 rings (SSSR count). The molecule has 0 saturated carbocycles. The van der Waals surface area contributed by atoms with Crippen molar-refractivity contribution in [2.45, 2.75) is 31.8 Å². The van der Waals surface area contributed by atoms with E-state index in [9.17, 15) is 14.3 Å². The zero-order valence-electron chi connectivity index (χ0n) is 14.7. The number of nitrogens with zero attached hydrogens (tertiary/aromatic N) is 4. The molecule has 8 heteroatoms. The molecule has 0 unspecified atom stereocenters. The van der Waals surface area contributed by atoms with Gasteiger partial charge in [0.1, 0.15) is 12.4 Å². The van der Waals surface area contributed by atoms with Crippen molar-refractivity contribution in [2.24, 2.45) is 0 Å². The monoisotopic (exact) mass is 388 g/mol. The lowest BCUT2D eigenvalue weighted by atomic mass is 9.90. The zero-order valence-corrected chi connectivity index (χ0v) is 15.4. The summed E-state index contributed by atoms with van der Waals surface area (Å²) in [6, 6.07) is 4.66. The summed E-state index contributed by atoms with van der Waals surface area (Å²) in [5, 5.41) is 10.5. The molecule has 6 nitrogen and oxygen atoms in total. The molecule has 2 aromatic heterocycles. The summed E-state index contributed by atoms with van der Waals surface area (Å²) in [6.45, 7) is -0.127. The highest BCUT2D eigenvalue weighted by molar-refractivity contribution is 6.30. The number of hydrogen-bond acceptors (Lipinski definition) is 4. The van der Waals surface area contributed by atoms with Gasteiger partial charge >= 0.3 is 5.97 Å². The summed E-state index contributed by atoms with van der Waals surface area (Å²) in [5.41, 5.74) is 2.73. The number of aliphatic carboxylic acids is 1. The molecule has 0 bridgehead atoms. The van der Waals surface area contributed by atoms with E-state index in [4.69, 9.17) is 11.6 Å². The number of likely N-dealkylation sites (N-methyl/N-ethyl adjacent to an activating group) is 1. The van der Waals surface area contributed by atoms with Crippen molar-refractivity contribution >= 4 is 34.4 Å². The number of hydrogen-bond donors (Lipinski definition) is 1. The molecule has 0 saturated heterocycles. The molecule has 140 valence electrons. The van der Waals surface area contributed by atoms with E-state index >= 15 is 0 Å². The van der Waals surface area contributed by atoms with Crippen molar-refractivity contribution in [3.63, 3.8) is 0 Å². The van der Waals surface area contributed by atoms with Crippen LogP contribution < -0.4 is 4.90 Å². The van der Waals surface area contributed by atoms with Gasteiger partial charge in [-0.05, 0) is 43.0 Å². The number of halogens is 2. The van der Waals surface area contributed by atoms with E-state index in [1.807, 2.05) is 11.9 Å². The van der Waals surface area contributed by atoms with Crippen LogP contribution in [0.1, 0.15) is 17.7 Å². The Kier molecular flexibility index (Phi) is 4.47. The standard InChI is InChI=1S/C19H18ClFN4O2/c1-24(19-22-8-11(20)9-23-19)13-3-5-17-15(7-13)14-6-12(21)2-4-16(14)25(17)10-18(26)27/h2,4,6,8-9,13H,3,5,7,10H2,1H3,(H,26,27)/t13-/m1/s1. The fourth-order valence-electron chi connectivity index (χ4n) is 3.90. The van der Waals surface area contributed by atoms with Gasteiger partial charge in [-0.3, -0.25) is 4.79 Å². The van der Waals surface area contributed by atoms with Crippen LogP contribution in [0, 0.1) is 5.82 Å². The lowest BCUT2D eigenvalue weighted by Gasteiger charge is -2.32. The lowest BCUT2D eigenvalue weighted by molar-refractivity contribution is -0.137. The molecule has 1 atom stereocenters. The molecular weight excluding hydrogens is 371 g/mol. The van der Waals surface area contributed by atoms with Crippen molar-refractivity contribution < 1.29 is 14.3 Å². The molecule has 27 heavy (non-hydrogen) atoms. The summed E-state index contributed by atoms with van der Waals surface area (Å²) in [5.74, 6) is -0.657. The predicted molar refractivity (Wildman–Crippen MR) is 101 cm³/mol. The second-order valence-electron chi connectivity index (χ2n) is 6.78. The van der Waals surface area contributed by atoms with E-state index in [2.05, 4.69) is 9.97 Å². The van der Waals surface area contributed by atoms with Crippen molar-refractivity contribution in [3.05, 3.63) is 52.7 Å². The fourth-order valence-corrected chi connectivity index (χ4v) is 4.00. The maximum absolute atomic E-state index is 13.9. The van der Waals surface area contributed by atoms with Crippen molar-refractivity contribution in [1.82, 2.24) is 14.5 Å². The first-order valence-corrected chi connectivity index (χ1v) is 9.03. The Hall–Kier alpha value is -2.67. The third-order valence-corrected chi connectivity index (χ3v) is 5.36. The molecule has 0 radical (unpaired) electrons. The third-order valence-electron chi connectivity index (χ3n) is 5.17. The van der Waals surface area contributed by atoms with E-state index < -0.39 is 5.97 Å². The van der Waals surface area contributed by atoms with Gasteiger partial charge in [-0.1, -0.05) is 11.6 Å². The predicted octanol–water partition coefficient (Wildman–Crippen LogP) is 3.30. The van der Waals surface area contributed by atoms with Crippen LogP contribution in [0.3, 0.4) is 0 Å². The second-order valence-corrected chi connectivity index (χ2v) is 7.21. The average Bonchev–Trinajstić information content (AvgIpc) is 2.94. The minimum atomic E-state index is -0.909. The van der Waals surface area contributed by atoms with Gasteiger partial charge in [-0.2, -0.15) is 0 Å². The van der Waals surface area contributed by atoms with Gasteiger partial charge in [0, 0.05) is 29.7 Å². The van der Waals surface area contributed by atoms with Crippen molar-refractivity contribution in [1.29, 1.82) is 0 Å². The van der Waals surface area contributed by atoms with Gasteiger partial charge in [-0.25, -0.2) is 14.4 Å². The third kappa shape index (κ3) is 3.23. The molecule has 1 aromatic carbocycles. The van der Waals surface area contributed by atoms with Gasteiger partial charge in [0.25, 0.3) is 0 Å². The van der Waals surface area contributed by atoms with Crippen LogP contribution in [0.4, 0.5) is 10.3 Å². The number of carboxylic acid groups (broad SMARTS) is 1. The van der Waals surface area contributed by atoms with E-state index in [-0.39, 0.29) is 18.4 Å². The van der Waals surface area contributed by atoms with Crippen LogP contribution in [0.15, 0.2) is 30.6 Å². The molecule has 1 aliphatic carbocycles. The SMILES string of the molecule is CN(c1ncc(Cl)cn1)[C@@H]1CCc2c(c3cc(F)ccc3n2CC(=O)O)C1. The molecular formula is C19H18ClFN4O2. The van der Waals surface area contributed by atoms with E-state index in [0.29, 0.717) is 23.8 Å². The van der Waals surface area contributed by atoms with E-state index in [0.717, 1.165) is 28.6 Å². The number of anilines is 1. The Labute approximate surface area is 160 Å². The highest BCUT2D eigenvalue weighted by atomic mass is 35.5. The molecule has 1 N–H and O–H groups in total. The van der Waals surface area contributed by atoms with Crippen LogP contribution in [0.2, 0.25) is 5.02 Å². The van der Waals surface area contributed by atoms with Crippen LogP contribution in [0.5, 0.6) is 0 Å². The minimum Gasteiger partial charge on any atom is -0.480 e. The highest BCUT2D eigenvalue weighted by Gasteiger charge is 2.29. The number of fused-ring (bicyclic) bond motifs is 3. The van der Waals surface area contributed by atoms with Gasteiger partial charge in [0.15, 0.2) is 0 Å². The molecule has 0 spiro atoms. The van der Waals surface area contributed by atoms with Crippen molar-refractivity contribution in [3.8, 4) is 0 Å². The molecule has 0 fully saturated rings. The van der Waals surface area contributed by atoms with Gasteiger partial charge in [-0.15, -0.1) is 0 Å². The first-order valence-electron chi connectivity index (χ1n) is 8.65. The quantitative estimate of drug-likeness (QED) is 0.742. The Morgan fingerprint density at radius 2 is 2.15 bits per heavy atom. The Morgan fingerprint density at radius 1 is 1.41 bits per heavy atom. The largest absolute Gasteiger partial charge is 0.480 e. The Balaban J connectivity index is 1.73. The summed E-state index contributed by atoms with van der Waals surface area (Å²) in [7, 11) is 1.93. The molecule has 3 aromatic rings. The van der Waals surface area contributed by atoms with Crippen LogP contribution in [-0.4, -0.2) is 38.7 Å². The maximum atomic E-state index is 13.9. The summed E-state index contributed by atoms with van der Waals surface area (Å²) >= 11 is 5.86. The van der Waals surface area contributed by atoms with Gasteiger partial charge in [0.2, 0.25) is 5.95 Å². The van der Waals surface area contributed by atoms with Crippen LogP contribution in [-0.2, 0) is 24.2 Å². The highest BCUT2D eigenvalue weighted by Crippen LogP contribution is 2.34. The van der Waals surface area contributed by atoms with E-state index in [1.165, 1.54) is 12.1 Å². The van der Waals surface area contributed by atoms with Crippen LogP contribution in [0.25, 0.3) is 10.9 Å². The van der Waals surface area contributed by atoms with Gasteiger partial charge in [0.05, 0.1) is 17.4 Å². The topological polar surface area (TPSA) is 71.2 Å². The first kappa shape index (κ1) is 17.7. The number of rotatable bonds is 4.